The molecule has 1 rings (SSSR count). The second-order valence-corrected chi connectivity index (χ2v) is 5.95. The minimum Gasteiger partial charge on any atom is -0.462 e. The first-order valence-electron chi connectivity index (χ1n) is 7.11. The fraction of sp³-hybridized carbons (Fsp3) is 0.933. The van der Waals surface area contributed by atoms with E-state index in [4.69, 9.17) is 0 Å². The molecule has 0 spiro atoms. The van der Waals surface area contributed by atoms with E-state index in [0.29, 0.717) is 6.47 Å². The topological polar surface area (TPSA) is 26.3 Å². The van der Waals surface area contributed by atoms with Crippen molar-refractivity contribution in [3.8, 4) is 0 Å². The number of ether oxygens (including phenoxy) is 1. The molecule has 0 atom stereocenters. The Bertz CT molecular complexity index is 179. The van der Waals surface area contributed by atoms with Gasteiger partial charge in [0.25, 0.3) is 6.47 Å². The fourth-order valence-corrected chi connectivity index (χ4v) is 2.09. The Kier molecular flexibility index (Phi) is 13.2. The highest BCUT2D eigenvalue weighted by atomic mass is 35.5. The summed E-state index contributed by atoms with van der Waals surface area (Å²) in [6.07, 6.45) is 11.9. The minimum absolute atomic E-state index is 0. The lowest BCUT2D eigenvalue weighted by molar-refractivity contribution is -0.138. The van der Waals surface area contributed by atoms with Gasteiger partial charge in [0.05, 0.1) is 0 Å². The van der Waals surface area contributed by atoms with Crippen LogP contribution >= 0.6 is 12.4 Å². The summed E-state index contributed by atoms with van der Waals surface area (Å²) in [7, 11) is 0. The van der Waals surface area contributed by atoms with Crippen LogP contribution in [-0.4, -0.2) is 12.1 Å². The van der Waals surface area contributed by atoms with E-state index in [9.17, 15) is 4.79 Å². The van der Waals surface area contributed by atoms with Gasteiger partial charge in [0, 0.05) is 0 Å². The van der Waals surface area contributed by atoms with Crippen LogP contribution in [0.4, 0.5) is 0 Å². The Labute approximate surface area is 119 Å². The average Bonchev–Trinajstić information content (AvgIpc) is 2.16. The lowest BCUT2D eigenvalue weighted by Crippen LogP contribution is -2.17. The number of carbonyl (C=O) groups is 1. The van der Waals surface area contributed by atoms with Crippen molar-refractivity contribution in [2.24, 2.45) is 5.92 Å². The lowest BCUT2D eigenvalue weighted by atomic mass is 9.90. The van der Waals surface area contributed by atoms with E-state index in [2.05, 4.69) is 11.7 Å². The zero-order valence-electron chi connectivity index (χ0n) is 12.5. The third kappa shape index (κ3) is 13.8. The molecule has 3 heteroatoms. The monoisotopic (exact) mass is 278 g/mol. The minimum atomic E-state index is -0.318. The van der Waals surface area contributed by atoms with Gasteiger partial charge < -0.3 is 4.74 Å². The number of hydrogen-bond acceptors (Lipinski definition) is 2. The van der Waals surface area contributed by atoms with Gasteiger partial charge in [0.2, 0.25) is 0 Å². The molecule has 1 fully saturated rings. The highest BCUT2D eigenvalue weighted by Gasteiger charge is 2.08. The second kappa shape index (κ2) is 11.8. The number of rotatable bonds is 2. The standard InChI is InChI=1S/C10H20.C5H10O2.ClH/c1-2-10-8-6-4-3-5-7-9-10;1-5(2,3)7-4-6;/h10H,2-9H2,1H3;4H,1-3H3;1H. The van der Waals surface area contributed by atoms with Gasteiger partial charge >= 0.3 is 0 Å². The SMILES string of the molecule is CC(C)(C)OC=O.CCC1CCCCCCC1.Cl. The van der Waals surface area contributed by atoms with E-state index in [1.54, 1.807) is 0 Å². The van der Waals surface area contributed by atoms with E-state index >= 15 is 0 Å². The van der Waals surface area contributed by atoms with Crippen LogP contribution in [0.3, 0.4) is 0 Å². The van der Waals surface area contributed by atoms with Gasteiger partial charge in [0.1, 0.15) is 5.60 Å². The van der Waals surface area contributed by atoms with Gasteiger partial charge in [-0.25, -0.2) is 0 Å². The molecule has 2 nitrogen and oxygen atoms in total. The molecular formula is C15H31ClO2. The predicted molar refractivity (Wildman–Crippen MR) is 80.3 cm³/mol. The summed E-state index contributed by atoms with van der Waals surface area (Å²) in [6.45, 7) is 8.26. The Balaban J connectivity index is 0. The van der Waals surface area contributed by atoms with Crippen molar-refractivity contribution in [2.45, 2.75) is 84.7 Å². The molecule has 18 heavy (non-hydrogen) atoms. The summed E-state index contributed by atoms with van der Waals surface area (Å²) in [5.41, 5.74) is -0.318. The summed E-state index contributed by atoms with van der Waals surface area (Å²) in [6, 6.07) is 0. The van der Waals surface area contributed by atoms with E-state index in [-0.39, 0.29) is 18.0 Å². The Morgan fingerprint density at radius 3 is 1.78 bits per heavy atom. The molecule has 0 saturated heterocycles. The summed E-state index contributed by atoms with van der Waals surface area (Å²) >= 11 is 0. The third-order valence-electron chi connectivity index (χ3n) is 3.20. The molecule has 1 aliphatic carbocycles. The molecule has 0 N–H and O–H groups in total. The quantitative estimate of drug-likeness (QED) is 0.654. The molecule has 110 valence electrons. The van der Waals surface area contributed by atoms with Crippen molar-refractivity contribution in [1.29, 1.82) is 0 Å². The van der Waals surface area contributed by atoms with Crippen molar-refractivity contribution < 1.29 is 9.53 Å². The molecule has 0 aliphatic heterocycles. The molecule has 1 aliphatic rings. The van der Waals surface area contributed by atoms with Crippen LogP contribution in [0.1, 0.15) is 79.1 Å². The van der Waals surface area contributed by atoms with E-state index in [1.165, 1.54) is 51.4 Å². The van der Waals surface area contributed by atoms with Crippen molar-refractivity contribution in [3.05, 3.63) is 0 Å². The van der Waals surface area contributed by atoms with Gasteiger partial charge in [-0.15, -0.1) is 12.4 Å². The zero-order chi connectivity index (χ0) is 13.1. The van der Waals surface area contributed by atoms with Gasteiger partial charge in [-0.05, 0) is 26.7 Å². The normalized spacial score (nSPS) is 17.3. The highest BCUT2D eigenvalue weighted by Crippen LogP contribution is 2.23. The summed E-state index contributed by atoms with van der Waals surface area (Å²) < 4.78 is 4.55. The molecule has 0 aromatic rings. The number of halogens is 1. The molecule has 0 unspecified atom stereocenters. The second-order valence-electron chi connectivity index (χ2n) is 5.95. The first-order chi connectivity index (χ1) is 7.99. The van der Waals surface area contributed by atoms with Crippen molar-refractivity contribution in [3.63, 3.8) is 0 Å². The molecule has 0 radical (unpaired) electrons. The molecule has 1 saturated carbocycles. The number of carbonyl (C=O) groups excluding carboxylic acids is 1. The Morgan fingerprint density at radius 1 is 1.06 bits per heavy atom. The predicted octanol–water partition coefficient (Wildman–Crippen LogP) is 5.14. The van der Waals surface area contributed by atoms with E-state index < -0.39 is 0 Å². The summed E-state index contributed by atoms with van der Waals surface area (Å²) in [5.74, 6) is 1.07. The third-order valence-corrected chi connectivity index (χ3v) is 3.20. The van der Waals surface area contributed by atoms with E-state index in [1.807, 2.05) is 20.8 Å². The molecule has 0 bridgehead atoms. The van der Waals surface area contributed by atoms with Crippen LogP contribution < -0.4 is 0 Å². The van der Waals surface area contributed by atoms with Crippen LogP contribution in [0.5, 0.6) is 0 Å². The Hall–Kier alpha value is -0.240. The van der Waals surface area contributed by atoms with Crippen molar-refractivity contribution in [1.82, 2.24) is 0 Å². The largest absolute Gasteiger partial charge is 0.462 e. The van der Waals surface area contributed by atoms with Crippen LogP contribution in [0.2, 0.25) is 0 Å². The molecule has 0 aromatic carbocycles. The maximum atomic E-state index is 9.60. The molecule has 0 heterocycles. The summed E-state index contributed by atoms with van der Waals surface area (Å²) in [4.78, 5) is 9.60. The van der Waals surface area contributed by atoms with Crippen LogP contribution in [0.15, 0.2) is 0 Å². The molecule has 0 aromatic heterocycles. The molecule has 0 amide bonds. The fourth-order valence-electron chi connectivity index (χ4n) is 2.09. The van der Waals surface area contributed by atoms with Crippen molar-refractivity contribution in [2.75, 3.05) is 0 Å². The van der Waals surface area contributed by atoms with Crippen molar-refractivity contribution >= 4 is 18.9 Å². The van der Waals surface area contributed by atoms with Gasteiger partial charge in [-0.1, -0.05) is 58.3 Å². The lowest BCUT2D eigenvalue weighted by Gasteiger charge is -2.17. The maximum absolute atomic E-state index is 9.60. The summed E-state index contributed by atoms with van der Waals surface area (Å²) in [5, 5.41) is 0. The average molecular weight is 279 g/mol. The molecular weight excluding hydrogens is 248 g/mol. The first kappa shape index (κ1) is 20.1. The Morgan fingerprint density at radius 2 is 1.50 bits per heavy atom. The maximum Gasteiger partial charge on any atom is 0.293 e. The van der Waals surface area contributed by atoms with Gasteiger partial charge in [-0.2, -0.15) is 0 Å². The van der Waals surface area contributed by atoms with Gasteiger partial charge in [0.15, 0.2) is 0 Å². The van der Waals surface area contributed by atoms with Crippen LogP contribution in [0, 0.1) is 5.92 Å². The highest BCUT2D eigenvalue weighted by molar-refractivity contribution is 5.85. The zero-order valence-corrected chi connectivity index (χ0v) is 13.4. The number of hydrogen-bond donors (Lipinski definition) is 0. The van der Waals surface area contributed by atoms with E-state index in [0.717, 1.165) is 5.92 Å². The first-order valence-corrected chi connectivity index (χ1v) is 7.11. The van der Waals surface area contributed by atoms with Crippen LogP contribution in [0.25, 0.3) is 0 Å². The van der Waals surface area contributed by atoms with Crippen LogP contribution in [-0.2, 0) is 9.53 Å². The van der Waals surface area contributed by atoms with Gasteiger partial charge in [-0.3, -0.25) is 4.79 Å². The smallest absolute Gasteiger partial charge is 0.293 e.